The molecule has 4 nitrogen and oxygen atoms in total. The Labute approximate surface area is 332 Å². The van der Waals surface area contributed by atoms with E-state index in [2.05, 4.69) is 191 Å². The number of aromatic nitrogens is 2. The van der Waals surface area contributed by atoms with Gasteiger partial charge in [0.15, 0.2) is 0 Å². The molecule has 4 heterocycles. The summed E-state index contributed by atoms with van der Waals surface area (Å²) in [6.45, 7) is 0. The summed E-state index contributed by atoms with van der Waals surface area (Å²) in [5.41, 5.74) is 15.2. The minimum Gasteiger partial charge on any atom is -0.456 e. The van der Waals surface area contributed by atoms with Crippen LogP contribution in [0.2, 0.25) is 0 Å². The SMILES string of the molecule is c1cc(-c2ccc3oc4ccc(-n5c6ccccc6c6ccccc65)cc4c3c2)cc(-n2c3ccccc3c3cc(-c4ccc5oc6ccccc6c5c4)ccc32)c1. The maximum Gasteiger partial charge on any atom is 0.135 e. The van der Waals surface area contributed by atoms with Crippen LogP contribution in [0.1, 0.15) is 0 Å². The molecule has 9 aromatic carbocycles. The maximum absolute atomic E-state index is 6.43. The van der Waals surface area contributed by atoms with Crippen molar-refractivity contribution >= 4 is 87.5 Å². The predicted octanol–water partition coefficient (Wildman–Crippen LogP) is 15.0. The number of fused-ring (bicyclic) bond motifs is 12. The first-order valence-corrected chi connectivity index (χ1v) is 19.7. The molecule has 4 aromatic heterocycles. The van der Waals surface area contributed by atoms with Gasteiger partial charge in [-0.05, 0) is 113 Å². The van der Waals surface area contributed by atoms with Gasteiger partial charge in [-0.15, -0.1) is 0 Å². The first-order valence-electron chi connectivity index (χ1n) is 19.7. The fourth-order valence-corrected chi connectivity index (χ4v) is 9.45. The van der Waals surface area contributed by atoms with Gasteiger partial charge in [-0.25, -0.2) is 0 Å². The van der Waals surface area contributed by atoms with Gasteiger partial charge in [0.1, 0.15) is 22.3 Å². The molecule has 13 aromatic rings. The van der Waals surface area contributed by atoms with Gasteiger partial charge < -0.3 is 18.0 Å². The fraction of sp³-hybridized carbons (Fsp3) is 0. The number of para-hydroxylation sites is 4. The van der Waals surface area contributed by atoms with Gasteiger partial charge in [-0.1, -0.05) is 103 Å². The molecule has 58 heavy (non-hydrogen) atoms. The number of nitrogens with zero attached hydrogens (tertiary/aromatic N) is 2. The first kappa shape index (κ1) is 31.4. The van der Waals surface area contributed by atoms with Crippen molar-refractivity contribution in [1.29, 1.82) is 0 Å². The standard InChI is InChI=1S/C54H32N2O2/c1-5-16-47-39(12-1)40-13-2-6-17-48(40)56(47)38-23-27-54-46(32-38)45-31-35(21-26-53(45)58-54)33-10-9-11-37(28-33)55-49-18-7-3-14-41(49)43-29-34(20-24-50(43)55)36-22-25-52-44(30-36)42-15-4-8-19-51(42)57-52/h1-32H. The minimum absolute atomic E-state index is 0.882. The first-order chi connectivity index (χ1) is 28.7. The van der Waals surface area contributed by atoms with E-state index in [0.717, 1.165) is 66.4 Å². The molecule has 0 aliphatic rings. The van der Waals surface area contributed by atoms with Crippen molar-refractivity contribution < 1.29 is 8.83 Å². The second kappa shape index (κ2) is 11.8. The predicted molar refractivity (Wildman–Crippen MR) is 241 cm³/mol. The third-order valence-corrected chi connectivity index (χ3v) is 12.1. The molecule has 0 saturated carbocycles. The molecule has 0 unspecified atom stereocenters. The molecule has 0 aliphatic carbocycles. The third kappa shape index (κ3) is 4.51. The molecule has 0 fully saturated rings. The molecule has 0 spiro atoms. The van der Waals surface area contributed by atoms with Crippen LogP contribution in [0.15, 0.2) is 203 Å². The average Bonchev–Trinajstić information content (AvgIpc) is 4.03. The lowest BCUT2D eigenvalue weighted by atomic mass is 10.0. The van der Waals surface area contributed by atoms with Crippen LogP contribution < -0.4 is 0 Å². The maximum atomic E-state index is 6.43. The van der Waals surface area contributed by atoms with E-state index >= 15 is 0 Å². The van der Waals surface area contributed by atoms with E-state index in [1.807, 2.05) is 12.1 Å². The van der Waals surface area contributed by atoms with Crippen molar-refractivity contribution in [2.45, 2.75) is 0 Å². The molecule has 0 aliphatic heterocycles. The van der Waals surface area contributed by atoms with Crippen LogP contribution in [0.4, 0.5) is 0 Å². The number of furan rings is 2. The monoisotopic (exact) mass is 740 g/mol. The Morgan fingerprint density at radius 1 is 0.241 bits per heavy atom. The molecule has 0 saturated heterocycles. The Kier molecular flexibility index (Phi) is 6.41. The van der Waals surface area contributed by atoms with Gasteiger partial charge in [0.25, 0.3) is 0 Å². The highest BCUT2D eigenvalue weighted by atomic mass is 16.3. The summed E-state index contributed by atoms with van der Waals surface area (Å²) in [5.74, 6) is 0. The Balaban J connectivity index is 0.929. The van der Waals surface area contributed by atoms with E-state index in [4.69, 9.17) is 8.83 Å². The zero-order valence-electron chi connectivity index (χ0n) is 31.2. The number of benzene rings is 9. The van der Waals surface area contributed by atoms with E-state index in [9.17, 15) is 0 Å². The molecule has 0 amide bonds. The molecule has 0 N–H and O–H groups in total. The van der Waals surface area contributed by atoms with Crippen LogP contribution in [0.25, 0.3) is 121 Å². The zero-order chi connectivity index (χ0) is 37.9. The van der Waals surface area contributed by atoms with Crippen LogP contribution in [0.5, 0.6) is 0 Å². The Hall–Kier alpha value is -7.82. The minimum atomic E-state index is 0.882. The van der Waals surface area contributed by atoms with E-state index in [1.165, 1.54) is 54.7 Å². The fourth-order valence-electron chi connectivity index (χ4n) is 9.45. The molecule has 0 radical (unpaired) electrons. The smallest absolute Gasteiger partial charge is 0.135 e. The second-order valence-electron chi connectivity index (χ2n) is 15.3. The number of rotatable bonds is 4. The van der Waals surface area contributed by atoms with Crippen LogP contribution in [0.3, 0.4) is 0 Å². The van der Waals surface area contributed by atoms with Crippen LogP contribution in [0, 0.1) is 0 Å². The van der Waals surface area contributed by atoms with Gasteiger partial charge in [0, 0.05) is 54.5 Å². The third-order valence-electron chi connectivity index (χ3n) is 12.1. The highest BCUT2D eigenvalue weighted by Crippen LogP contribution is 2.40. The van der Waals surface area contributed by atoms with Crippen molar-refractivity contribution in [3.8, 4) is 33.6 Å². The zero-order valence-corrected chi connectivity index (χ0v) is 31.2. The molecule has 0 atom stereocenters. The van der Waals surface area contributed by atoms with Gasteiger partial charge >= 0.3 is 0 Å². The van der Waals surface area contributed by atoms with E-state index in [-0.39, 0.29) is 0 Å². The van der Waals surface area contributed by atoms with Crippen LogP contribution >= 0.6 is 0 Å². The summed E-state index contributed by atoms with van der Waals surface area (Å²) in [5, 5.41) is 9.44. The van der Waals surface area contributed by atoms with E-state index in [0.29, 0.717) is 0 Å². The summed E-state index contributed by atoms with van der Waals surface area (Å²) < 4.78 is 17.3. The summed E-state index contributed by atoms with van der Waals surface area (Å²) in [6, 6.07) is 69.7. The highest BCUT2D eigenvalue weighted by Gasteiger charge is 2.17. The van der Waals surface area contributed by atoms with Gasteiger partial charge in [-0.2, -0.15) is 0 Å². The van der Waals surface area contributed by atoms with Crippen molar-refractivity contribution in [2.75, 3.05) is 0 Å². The molecular formula is C54H32N2O2. The molecule has 13 rings (SSSR count). The van der Waals surface area contributed by atoms with Gasteiger partial charge in [-0.3, -0.25) is 0 Å². The van der Waals surface area contributed by atoms with Gasteiger partial charge in [0.05, 0.1) is 22.1 Å². The van der Waals surface area contributed by atoms with Crippen molar-refractivity contribution in [1.82, 2.24) is 9.13 Å². The Morgan fingerprint density at radius 2 is 0.655 bits per heavy atom. The lowest BCUT2D eigenvalue weighted by Crippen LogP contribution is -1.94. The normalized spacial score (nSPS) is 12.1. The average molecular weight is 741 g/mol. The molecule has 270 valence electrons. The van der Waals surface area contributed by atoms with Gasteiger partial charge in [0.2, 0.25) is 0 Å². The highest BCUT2D eigenvalue weighted by molar-refractivity contribution is 6.13. The largest absolute Gasteiger partial charge is 0.456 e. The van der Waals surface area contributed by atoms with Crippen LogP contribution in [-0.4, -0.2) is 9.13 Å². The van der Waals surface area contributed by atoms with Crippen molar-refractivity contribution in [2.24, 2.45) is 0 Å². The van der Waals surface area contributed by atoms with E-state index in [1.54, 1.807) is 0 Å². The Morgan fingerprint density at radius 3 is 1.29 bits per heavy atom. The quantitative estimate of drug-likeness (QED) is 0.180. The lowest BCUT2D eigenvalue weighted by molar-refractivity contribution is 0.668. The van der Waals surface area contributed by atoms with Crippen LogP contribution in [-0.2, 0) is 0 Å². The summed E-state index contributed by atoms with van der Waals surface area (Å²) >= 11 is 0. The lowest BCUT2D eigenvalue weighted by Gasteiger charge is -2.11. The Bertz CT molecular complexity index is 3760. The summed E-state index contributed by atoms with van der Waals surface area (Å²) in [4.78, 5) is 0. The molecular weight excluding hydrogens is 709 g/mol. The van der Waals surface area contributed by atoms with E-state index < -0.39 is 0 Å². The second-order valence-corrected chi connectivity index (χ2v) is 15.3. The molecule has 4 heteroatoms. The van der Waals surface area contributed by atoms with Crippen molar-refractivity contribution in [3.05, 3.63) is 194 Å². The van der Waals surface area contributed by atoms with Crippen molar-refractivity contribution in [3.63, 3.8) is 0 Å². The summed E-state index contributed by atoms with van der Waals surface area (Å²) in [6.07, 6.45) is 0. The topological polar surface area (TPSA) is 36.1 Å². The summed E-state index contributed by atoms with van der Waals surface area (Å²) in [7, 11) is 0. The number of hydrogen-bond acceptors (Lipinski definition) is 2. The number of hydrogen-bond donors (Lipinski definition) is 0. The molecule has 0 bridgehead atoms.